The van der Waals surface area contributed by atoms with Crippen LogP contribution in [-0.4, -0.2) is 38.8 Å². The zero-order chi connectivity index (χ0) is 19.3. The normalized spacial score (nSPS) is 14.0. The molecule has 0 saturated heterocycles. The highest BCUT2D eigenvalue weighted by molar-refractivity contribution is 7.89. The zero-order valence-corrected chi connectivity index (χ0v) is 16.0. The monoisotopic (exact) mass is 375 g/mol. The Morgan fingerprint density at radius 2 is 1.65 bits per heavy atom. The number of nitrogens with two attached hydrogens (primary N) is 1. The van der Waals surface area contributed by atoms with Crippen LogP contribution in [0.3, 0.4) is 0 Å². The molecule has 2 unspecified atom stereocenters. The van der Waals surface area contributed by atoms with Gasteiger partial charge in [-0.05, 0) is 36.6 Å². The van der Waals surface area contributed by atoms with Gasteiger partial charge < -0.3 is 11.1 Å². The molecule has 0 aliphatic carbocycles. The van der Waals surface area contributed by atoms with Gasteiger partial charge in [-0.3, -0.25) is 4.79 Å². The van der Waals surface area contributed by atoms with Gasteiger partial charge in [0.15, 0.2) is 0 Å². The van der Waals surface area contributed by atoms with E-state index in [4.69, 9.17) is 5.73 Å². The molecule has 2 aromatic carbocycles. The number of amides is 1. The van der Waals surface area contributed by atoms with Gasteiger partial charge >= 0.3 is 0 Å². The van der Waals surface area contributed by atoms with Crippen LogP contribution in [-0.2, 0) is 21.2 Å². The van der Waals surface area contributed by atoms with Crippen LogP contribution < -0.4 is 11.1 Å². The summed E-state index contributed by atoms with van der Waals surface area (Å²) in [7, 11) is -0.492. The van der Waals surface area contributed by atoms with Crippen LogP contribution in [0, 0.1) is 0 Å². The molecule has 0 aromatic heterocycles. The minimum Gasteiger partial charge on any atom is -0.348 e. The van der Waals surface area contributed by atoms with E-state index in [1.807, 2.05) is 37.3 Å². The Bertz CT molecular complexity index is 834. The average molecular weight is 375 g/mol. The number of nitrogens with one attached hydrogen (secondary N) is 1. The van der Waals surface area contributed by atoms with E-state index < -0.39 is 16.1 Å². The number of carbonyl (C=O) groups excluding carboxylic acids is 1. The molecule has 7 heteroatoms. The Labute approximate surface area is 155 Å². The van der Waals surface area contributed by atoms with Gasteiger partial charge in [0, 0.05) is 14.1 Å². The molecule has 0 fully saturated rings. The number of sulfonamides is 1. The molecule has 0 saturated carbocycles. The molecule has 140 valence electrons. The van der Waals surface area contributed by atoms with E-state index in [1.165, 1.54) is 26.2 Å². The molecular weight excluding hydrogens is 350 g/mol. The predicted molar refractivity (Wildman–Crippen MR) is 102 cm³/mol. The maximum Gasteiger partial charge on any atom is 0.242 e. The Hall–Kier alpha value is -2.22. The lowest BCUT2D eigenvalue weighted by molar-refractivity contribution is -0.123. The predicted octanol–water partition coefficient (Wildman–Crippen LogP) is 1.68. The first-order chi connectivity index (χ1) is 12.2. The largest absolute Gasteiger partial charge is 0.348 e. The molecule has 2 atom stereocenters. The average Bonchev–Trinajstić information content (AvgIpc) is 2.62. The second-order valence-corrected chi connectivity index (χ2v) is 8.53. The maximum atomic E-state index is 12.3. The van der Waals surface area contributed by atoms with Crippen molar-refractivity contribution < 1.29 is 13.2 Å². The Balaban J connectivity index is 2.00. The van der Waals surface area contributed by atoms with Crippen molar-refractivity contribution in [3.63, 3.8) is 0 Å². The first-order valence-electron chi connectivity index (χ1n) is 8.34. The van der Waals surface area contributed by atoms with Crippen molar-refractivity contribution in [2.45, 2.75) is 30.3 Å². The van der Waals surface area contributed by atoms with E-state index in [0.29, 0.717) is 6.42 Å². The molecular formula is C19H25N3O3S. The van der Waals surface area contributed by atoms with Crippen molar-refractivity contribution in [1.82, 2.24) is 9.62 Å². The Morgan fingerprint density at radius 3 is 2.19 bits per heavy atom. The van der Waals surface area contributed by atoms with Crippen molar-refractivity contribution in [2.24, 2.45) is 5.73 Å². The summed E-state index contributed by atoms with van der Waals surface area (Å²) < 4.78 is 25.3. The Morgan fingerprint density at radius 1 is 1.08 bits per heavy atom. The molecule has 0 bridgehead atoms. The lowest BCUT2D eigenvalue weighted by Gasteiger charge is -2.19. The van der Waals surface area contributed by atoms with Gasteiger partial charge in [0.2, 0.25) is 15.9 Å². The first kappa shape index (κ1) is 20.1. The summed E-state index contributed by atoms with van der Waals surface area (Å²) in [5.74, 6) is -0.244. The minimum absolute atomic E-state index is 0.213. The summed E-state index contributed by atoms with van der Waals surface area (Å²) in [4.78, 5) is 12.5. The van der Waals surface area contributed by atoms with Gasteiger partial charge in [-0.25, -0.2) is 12.7 Å². The van der Waals surface area contributed by atoms with Gasteiger partial charge in [-0.15, -0.1) is 0 Å². The summed E-state index contributed by atoms with van der Waals surface area (Å²) in [6, 6.07) is 15.1. The van der Waals surface area contributed by atoms with Crippen LogP contribution in [0.4, 0.5) is 0 Å². The van der Waals surface area contributed by atoms with Crippen LogP contribution in [0.5, 0.6) is 0 Å². The standard InChI is InChI=1S/C19H25N3O3S/c1-14(16-9-11-17(12-10-16)26(24,25)22(2)3)21-19(23)18(20)13-15-7-5-4-6-8-15/h4-12,14,18H,13,20H2,1-3H3,(H,21,23). The highest BCUT2D eigenvalue weighted by Crippen LogP contribution is 2.18. The molecule has 2 aromatic rings. The van der Waals surface area contributed by atoms with E-state index in [1.54, 1.807) is 12.1 Å². The summed E-state index contributed by atoms with van der Waals surface area (Å²) >= 11 is 0. The second kappa shape index (κ2) is 8.44. The fourth-order valence-electron chi connectivity index (χ4n) is 2.50. The van der Waals surface area contributed by atoms with Gasteiger partial charge in [0.25, 0.3) is 0 Å². The second-order valence-electron chi connectivity index (χ2n) is 6.38. The van der Waals surface area contributed by atoms with E-state index in [2.05, 4.69) is 5.32 Å². The third kappa shape index (κ3) is 4.91. The van der Waals surface area contributed by atoms with Gasteiger partial charge in [-0.2, -0.15) is 0 Å². The molecule has 0 aliphatic heterocycles. The number of hydrogen-bond donors (Lipinski definition) is 2. The van der Waals surface area contributed by atoms with Crippen molar-refractivity contribution in [3.8, 4) is 0 Å². The van der Waals surface area contributed by atoms with Crippen molar-refractivity contribution in [3.05, 3.63) is 65.7 Å². The topological polar surface area (TPSA) is 92.5 Å². The molecule has 6 nitrogen and oxygen atoms in total. The number of nitrogens with zero attached hydrogens (tertiary/aromatic N) is 1. The van der Waals surface area contributed by atoms with E-state index in [0.717, 1.165) is 15.4 Å². The van der Waals surface area contributed by atoms with Crippen LogP contribution in [0.1, 0.15) is 24.1 Å². The first-order valence-corrected chi connectivity index (χ1v) is 9.78. The molecule has 3 N–H and O–H groups in total. The van der Waals surface area contributed by atoms with Crippen LogP contribution in [0.15, 0.2) is 59.5 Å². The number of benzene rings is 2. The highest BCUT2D eigenvalue weighted by atomic mass is 32.2. The van der Waals surface area contributed by atoms with E-state index >= 15 is 0 Å². The van der Waals surface area contributed by atoms with Crippen LogP contribution in [0.25, 0.3) is 0 Å². The lowest BCUT2D eigenvalue weighted by atomic mass is 10.0. The quantitative estimate of drug-likeness (QED) is 0.770. The number of rotatable bonds is 7. The number of carbonyl (C=O) groups is 1. The molecule has 0 aliphatic rings. The molecule has 26 heavy (non-hydrogen) atoms. The summed E-state index contributed by atoms with van der Waals surface area (Å²) in [5.41, 5.74) is 7.80. The Kier molecular flexibility index (Phi) is 6.52. The third-order valence-corrected chi connectivity index (χ3v) is 5.98. The smallest absolute Gasteiger partial charge is 0.242 e. The maximum absolute atomic E-state index is 12.3. The van der Waals surface area contributed by atoms with Gasteiger partial charge in [-0.1, -0.05) is 42.5 Å². The SMILES string of the molecule is CC(NC(=O)C(N)Cc1ccccc1)c1ccc(S(=O)(=O)N(C)C)cc1. The zero-order valence-electron chi connectivity index (χ0n) is 15.2. The molecule has 1 amide bonds. The van der Waals surface area contributed by atoms with Crippen molar-refractivity contribution in [1.29, 1.82) is 0 Å². The fourth-order valence-corrected chi connectivity index (χ4v) is 3.41. The molecule has 0 spiro atoms. The van der Waals surface area contributed by atoms with Crippen LogP contribution >= 0.6 is 0 Å². The van der Waals surface area contributed by atoms with E-state index in [9.17, 15) is 13.2 Å². The summed E-state index contributed by atoms with van der Waals surface area (Å²) in [5, 5.41) is 2.87. The third-order valence-electron chi connectivity index (χ3n) is 4.15. The number of hydrogen-bond acceptors (Lipinski definition) is 4. The minimum atomic E-state index is -3.46. The van der Waals surface area contributed by atoms with E-state index in [-0.39, 0.29) is 16.8 Å². The van der Waals surface area contributed by atoms with Crippen LogP contribution in [0.2, 0.25) is 0 Å². The fraction of sp³-hybridized carbons (Fsp3) is 0.316. The highest BCUT2D eigenvalue weighted by Gasteiger charge is 2.19. The molecule has 0 heterocycles. The van der Waals surface area contributed by atoms with Gasteiger partial charge in [0.1, 0.15) is 0 Å². The van der Waals surface area contributed by atoms with Crippen molar-refractivity contribution >= 4 is 15.9 Å². The summed E-state index contributed by atoms with van der Waals surface area (Å²) in [6.07, 6.45) is 0.458. The summed E-state index contributed by atoms with van der Waals surface area (Å²) in [6.45, 7) is 1.84. The molecule has 0 radical (unpaired) electrons. The molecule has 2 rings (SSSR count). The lowest BCUT2D eigenvalue weighted by Crippen LogP contribution is -2.42. The van der Waals surface area contributed by atoms with Gasteiger partial charge in [0.05, 0.1) is 17.0 Å². The van der Waals surface area contributed by atoms with Crippen molar-refractivity contribution in [2.75, 3.05) is 14.1 Å².